The van der Waals surface area contributed by atoms with Crippen molar-refractivity contribution in [3.05, 3.63) is 71.8 Å². The highest BCUT2D eigenvalue weighted by molar-refractivity contribution is 5.15. The molecule has 0 aromatic heterocycles. The lowest BCUT2D eigenvalue weighted by Gasteiger charge is -2.04. The van der Waals surface area contributed by atoms with E-state index in [0.29, 0.717) is 13.2 Å². The van der Waals surface area contributed by atoms with Gasteiger partial charge in [-0.05, 0) is 24.0 Å². The summed E-state index contributed by atoms with van der Waals surface area (Å²) in [5.41, 5.74) is 2.54. The first-order valence-electron chi connectivity index (χ1n) is 6.27. The van der Waals surface area contributed by atoms with Crippen molar-refractivity contribution in [1.82, 2.24) is 0 Å². The van der Waals surface area contributed by atoms with Crippen LogP contribution in [0.5, 0.6) is 0 Å². The van der Waals surface area contributed by atoms with Gasteiger partial charge in [-0.25, -0.2) is 9.78 Å². The predicted molar refractivity (Wildman–Crippen MR) is 72.2 cm³/mol. The van der Waals surface area contributed by atoms with Crippen LogP contribution in [-0.2, 0) is 22.6 Å². The van der Waals surface area contributed by atoms with Crippen LogP contribution in [0.2, 0.25) is 0 Å². The zero-order chi connectivity index (χ0) is 12.5. The van der Waals surface area contributed by atoms with E-state index in [1.807, 2.05) is 36.4 Å². The molecule has 0 radical (unpaired) electrons. The average Bonchev–Trinajstić information content (AvgIpc) is 2.45. The summed E-state index contributed by atoms with van der Waals surface area (Å²) < 4.78 is 0. The molecule has 0 bridgehead atoms. The second-order valence-corrected chi connectivity index (χ2v) is 4.12. The summed E-state index contributed by atoms with van der Waals surface area (Å²) in [5, 5.41) is 0. The SMILES string of the molecule is c1ccc(CCOOCCc2ccccc2)cc1. The summed E-state index contributed by atoms with van der Waals surface area (Å²) in [6.45, 7) is 1.19. The molecule has 0 fully saturated rings. The first-order valence-corrected chi connectivity index (χ1v) is 6.27. The van der Waals surface area contributed by atoms with Crippen LogP contribution in [0.1, 0.15) is 11.1 Å². The van der Waals surface area contributed by atoms with E-state index < -0.39 is 0 Å². The molecule has 18 heavy (non-hydrogen) atoms. The molecule has 0 saturated heterocycles. The molecule has 0 amide bonds. The Morgan fingerprint density at radius 2 is 0.944 bits per heavy atom. The fourth-order valence-corrected chi connectivity index (χ4v) is 1.73. The molecule has 0 heterocycles. The third-order valence-corrected chi connectivity index (χ3v) is 2.72. The van der Waals surface area contributed by atoms with Gasteiger partial charge in [0, 0.05) is 0 Å². The molecule has 0 aliphatic heterocycles. The van der Waals surface area contributed by atoms with Crippen LogP contribution in [0.4, 0.5) is 0 Å². The fourth-order valence-electron chi connectivity index (χ4n) is 1.73. The summed E-state index contributed by atoms with van der Waals surface area (Å²) in [6.07, 6.45) is 1.76. The van der Waals surface area contributed by atoms with Crippen LogP contribution in [0.3, 0.4) is 0 Å². The van der Waals surface area contributed by atoms with E-state index in [9.17, 15) is 0 Å². The molecule has 0 spiro atoms. The van der Waals surface area contributed by atoms with E-state index in [-0.39, 0.29) is 0 Å². The average molecular weight is 242 g/mol. The van der Waals surface area contributed by atoms with Gasteiger partial charge in [0.2, 0.25) is 0 Å². The highest BCUT2D eigenvalue weighted by Gasteiger charge is 1.94. The second kappa shape index (κ2) is 7.64. The standard InChI is InChI=1S/C16H18O2/c1-3-7-15(8-4-1)11-13-17-18-14-12-16-9-5-2-6-10-16/h1-10H,11-14H2. The van der Waals surface area contributed by atoms with Gasteiger partial charge < -0.3 is 0 Å². The summed E-state index contributed by atoms with van der Waals surface area (Å²) in [5.74, 6) is 0. The van der Waals surface area contributed by atoms with Crippen LogP contribution in [-0.4, -0.2) is 13.2 Å². The molecular formula is C16H18O2. The lowest BCUT2D eigenvalue weighted by molar-refractivity contribution is -0.293. The summed E-state index contributed by atoms with van der Waals surface area (Å²) in [6, 6.07) is 20.5. The van der Waals surface area contributed by atoms with Crippen LogP contribution >= 0.6 is 0 Å². The van der Waals surface area contributed by atoms with Crippen LogP contribution in [0.25, 0.3) is 0 Å². The third kappa shape index (κ3) is 4.70. The van der Waals surface area contributed by atoms with Gasteiger partial charge in [0.15, 0.2) is 0 Å². The van der Waals surface area contributed by atoms with Crippen molar-refractivity contribution in [2.45, 2.75) is 12.8 Å². The molecule has 94 valence electrons. The topological polar surface area (TPSA) is 18.5 Å². The van der Waals surface area contributed by atoms with E-state index in [0.717, 1.165) is 12.8 Å². The number of rotatable bonds is 7. The molecule has 2 nitrogen and oxygen atoms in total. The lowest BCUT2D eigenvalue weighted by atomic mass is 10.2. The fraction of sp³-hybridized carbons (Fsp3) is 0.250. The quantitative estimate of drug-likeness (QED) is 0.421. The number of hydrogen-bond acceptors (Lipinski definition) is 2. The van der Waals surface area contributed by atoms with Crippen molar-refractivity contribution in [1.29, 1.82) is 0 Å². The Morgan fingerprint density at radius 1 is 0.556 bits per heavy atom. The monoisotopic (exact) mass is 242 g/mol. The minimum Gasteiger partial charge on any atom is -0.236 e. The predicted octanol–water partition coefficient (Wildman–Crippen LogP) is 3.42. The summed E-state index contributed by atoms with van der Waals surface area (Å²) in [7, 11) is 0. The van der Waals surface area contributed by atoms with Crippen molar-refractivity contribution in [3.63, 3.8) is 0 Å². The van der Waals surface area contributed by atoms with Gasteiger partial charge in [0.25, 0.3) is 0 Å². The van der Waals surface area contributed by atoms with E-state index in [4.69, 9.17) is 9.78 Å². The van der Waals surface area contributed by atoms with Crippen LogP contribution < -0.4 is 0 Å². The highest BCUT2D eigenvalue weighted by Crippen LogP contribution is 2.01. The van der Waals surface area contributed by atoms with Gasteiger partial charge >= 0.3 is 0 Å². The minimum absolute atomic E-state index is 0.596. The molecule has 0 N–H and O–H groups in total. The first-order chi connectivity index (χ1) is 8.95. The van der Waals surface area contributed by atoms with E-state index in [1.54, 1.807) is 0 Å². The number of hydrogen-bond donors (Lipinski definition) is 0. The summed E-state index contributed by atoms with van der Waals surface area (Å²) in [4.78, 5) is 10.3. The Labute approximate surface area is 108 Å². The normalized spacial score (nSPS) is 10.4. The maximum absolute atomic E-state index is 5.16. The van der Waals surface area contributed by atoms with Crippen molar-refractivity contribution in [3.8, 4) is 0 Å². The smallest absolute Gasteiger partial charge is 0.0862 e. The molecule has 0 unspecified atom stereocenters. The van der Waals surface area contributed by atoms with Gasteiger partial charge in [-0.1, -0.05) is 60.7 Å². The molecule has 0 atom stereocenters. The zero-order valence-corrected chi connectivity index (χ0v) is 10.4. The molecule has 0 saturated carbocycles. The number of benzene rings is 2. The molecule has 2 aromatic carbocycles. The van der Waals surface area contributed by atoms with Crippen molar-refractivity contribution in [2.24, 2.45) is 0 Å². The van der Waals surface area contributed by atoms with Crippen molar-refractivity contribution >= 4 is 0 Å². The maximum atomic E-state index is 5.16. The zero-order valence-electron chi connectivity index (χ0n) is 10.4. The lowest BCUT2D eigenvalue weighted by Crippen LogP contribution is -2.03. The van der Waals surface area contributed by atoms with Crippen molar-refractivity contribution in [2.75, 3.05) is 13.2 Å². The molecule has 0 aliphatic rings. The van der Waals surface area contributed by atoms with Crippen LogP contribution in [0.15, 0.2) is 60.7 Å². The molecule has 0 aliphatic carbocycles. The van der Waals surface area contributed by atoms with Gasteiger partial charge in [0.1, 0.15) is 0 Å². The van der Waals surface area contributed by atoms with E-state index >= 15 is 0 Å². The first kappa shape index (κ1) is 12.8. The Morgan fingerprint density at radius 3 is 1.33 bits per heavy atom. The minimum atomic E-state index is 0.596. The molecule has 2 heteroatoms. The largest absolute Gasteiger partial charge is 0.236 e. The van der Waals surface area contributed by atoms with Gasteiger partial charge in [-0.15, -0.1) is 0 Å². The molecular weight excluding hydrogens is 224 g/mol. The Balaban J connectivity index is 1.54. The van der Waals surface area contributed by atoms with E-state index in [2.05, 4.69) is 24.3 Å². The van der Waals surface area contributed by atoms with Crippen LogP contribution in [0, 0.1) is 0 Å². The Hall–Kier alpha value is -1.64. The highest BCUT2D eigenvalue weighted by atomic mass is 17.2. The van der Waals surface area contributed by atoms with Gasteiger partial charge in [-0.3, -0.25) is 0 Å². The van der Waals surface area contributed by atoms with Gasteiger partial charge in [-0.2, -0.15) is 0 Å². The van der Waals surface area contributed by atoms with Gasteiger partial charge in [0.05, 0.1) is 13.2 Å². The second-order valence-electron chi connectivity index (χ2n) is 4.12. The molecule has 2 rings (SSSR count). The molecule has 2 aromatic rings. The Kier molecular flexibility index (Phi) is 5.44. The van der Waals surface area contributed by atoms with E-state index in [1.165, 1.54) is 11.1 Å². The maximum Gasteiger partial charge on any atom is 0.0862 e. The summed E-state index contributed by atoms with van der Waals surface area (Å²) >= 11 is 0. The van der Waals surface area contributed by atoms with Crippen molar-refractivity contribution < 1.29 is 9.78 Å². The Bertz CT molecular complexity index is 382. The third-order valence-electron chi connectivity index (χ3n) is 2.72.